The van der Waals surface area contributed by atoms with Crippen molar-refractivity contribution in [3.63, 3.8) is 0 Å². The minimum atomic E-state index is -0.252. The highest BCUT2D eigenvalue weighted by atomic mass is 127. The van der Waals surface area contributed by atoms with Crippen LogP contribution in [0.2, 0.25) is 0 Å². The maximum atomic E-state index is 5.43. The van der Waals surface area contributed by atoms with Crippen LogP contribution in [0.5, 0.6) is 0 Å². The number of rotatable bonds is 9. The average molecular weight is 462 g/mol. The van der Waals surface area contributed by atoms with E-state index < -0.39 is 0 Å². The van der Waals surface area contributed by atoms with E-state index in [4.69, 9.17) is 4.74 Å². The van der Waals surface area contributed by atoms with Crippen LogP contribution >= 0.6 is 24.0 Å². The number of aliphatic imine (C=N–C) groups is 1. The van der Waals surface area contributed by atoms with Gasteiger partial charge in [0.25, 0.3) is 0 Å². The Kier molecular flexibility index (Phi) is 12.1. The number of methoxy groups -OCH3 is 1. The van der Waals surface area contributed by atoms with Gasteiger partial charge in [-0.15, -0.1) is 24.0 Å². The molecule has 1 aromatic carbocycles. The fourth-order valence-electron chi connectivity index (χ4n) is 2.10. The van der Waals surface area contributed by atoms with Crippen LogP contribution in [0, 0.1) is 0 Å². The molecule has 0 bridgehead atoms. The van der Waals surface area contributed by atoms with Gasteiger partial charge in [0.1, 0.15) is 0 Å². The number of hydrogen-bond acceptors (Lipinski definition) is 3. The molecular formula is C19H35IN4O. The van der Waals surface area contributed by atoms with Crippen molar-refractivity contribution in [3.05, 3.63) is 35.9 Å². The van der Waals surface area contributed by atoms with Crippen LogP contribution in [-0.4, -0.2) is 56.3 Å². The molecule has 5 nitrogen and oxygen atoms in total. The molecule has 0 spiro atoms. The lowest BCUT2D eigenvalue weighted by molar-refractivity contribution is 0.0310. The molecule has 144 valence electrons. The van der Waals surface area contributed by atoms with E-state index in [1.165, 1.54) is 5.56 Å². The lowest BCUT2D eigenvalue weighted by atomic mass is 10.1. The summed E-state index contributed by atoms with van der Waals surface area (Å²) in [6.45, 7) is 11.6. The van der Waals surface area contributed by atoms with Gasteiger partial charge in [0.15, 0.2) is 5.96 Å². The molecule has 0 saturated heterocycles. The lowest BCUT2D eigenvalue weighted by Crippen LogP contribution is -2.45. The predicted molar refractivity (Wildman–Crippen MR) is 118 cm³/mol. The van der Waals surface area contributed by atoms with Crippen molar-refractivity contribution in [1.29, 1.82) is 0 Å². The van der Waals surface area contributed by atoms with E-state index in [1.807, 2.05) is 13.8 Å². The fourth-order valence-corrected chi connectivity index (χ4v) is 2.10. The Morgan fingerprint density at radius 2 is 1.88 bits per heavy atom. The van der Waals surface area contributed by atoms with Crippen LogP contribution in [0.15, 0.2) is 35.3 Å². The third-order valence-electron chi connectivity index (χ3n) is 4.11. The van der Waals surface area contributed by atoms with Crippen LogP contribution in [0.3, 0.4) is 0 Å². The van der Waals surface area contributed by atoms with Crippen LogP contribution in [0.1, 0.15) is 33.3 Å². The zero-order valence-electron chi connectivity index (χ0n) is 16.5. The molecule has 6 heteroatoms. The predicted octanol–water partition coefficient (Wildman–Crippen LogP) is 3.11. The second kappa shape index (κ2) is 12.5. The van der Waals surface area contributed by atoms with Crippen LogP contribution < -0.4 is 10.6 Å². The van der Waals surface area contributed by atoms with Crippen molar-refractivity contribution in [3.8, 4) is 0 Å². The first-order valence-electron chi connectivity index (χ1n) is 8.69. The summed E-state index contributed by atoms with van der Waals surface area (Å²) in [5.41, 5.74) is 1.08. The SMILES string of the molecule is CCNC(=NCC(C)(C)OC)NCC(C)N(C)Cc1ccccc1.I. The van der Waals surface area contributed by atoms with E-state index in [0.717, 1.165) is 25.6 Å². The Labute approximate surface area is 170 Å². The van der Waals surface area contributed by atoms with Gasteiger partial charge < -0.3 is 15.4 Å². The monoisotopic (exact) mass is 462 g/mol. The molecule has 1 aromatic rings. The first-order valence-corrected chi connectivity index (χ1v) is 8.69. The van der Waals surface area contributed by atoms with Crippen molar-refractivity contribution in [1.82, 2.24) is 15.5 Å². The highest BCUT2D eigenvalue weighted by molar-refractivity contribution is 14.0. The molecule has 1 atom stereocenters. The largest absolute Gasteiger partial charge is 0.377 e. The summed E-state index contributed by atoms with van der Waals surface area (Å²) in [7, 11) is 3.87. The maximum absolute atomic E-state index is 5.43. The number of nitrogens with zero attached hydrogens (tertiary/aromatic N) is 2. The number of guanidine groups is 1. The van der Waals surface area contributed by atoms with Gasteiger partial charge >= 0.3 is 0 Å². The minimum Gasteiger partial charge on any atom is -0.377 e. The molecule has 0 heterocycles. The van der Waals surface area contributed by atoms with E-state index in [1.54, 1.807) is 7.11 Å². The van der Waals surface area contributed by atoms with Crippen molar-refractivity contribution in [2.75, 3.05) is 33.8 Å². The zero-order chi connectivity index (χ0) is 18.0. The minimum absolute atomic E-state index is 0. The summed E-state index contributed by atoms with van der Waals surface area (Å²) in [5.74, 6) is 0.836. The van der Waals surface area contributed by atoms with Gasteiger partial charge in [-0.1, -0.05) is 30.3 Å². The molecule has 1 rings (SSSR count). The molecule has 0 saturated carbocycles. The van der Waals surface area contributed by atoms with Gasteiger partial charge in [-0.2, -0.15) is 0 Å². The normalized spacial score (nSPS) is 13.3. The third-order valence-corrected chi connectivity index (χ3v) is 4.11. The van der Waals surface area contributed by atoms with Gasteiger partial charge in [-0.25, -0.2) is 0 Å². The quantitative estimate of drug-likeness (QED) is 0.337. The van der Waals surface area contributed by atoms with E-state index >= 15 is 0 Å². The lowest BCUT2D eigenvalue weighted by Gasteiger charge is -2.26. The number of likely N-dealkylation sites (N-methyl/N-ethyl adjacent to an activating group) is 1. The van der Waals surface area contributed by atoms with Crippen molar-refractivity contribution in [2.24, 2.45) is 4.99 Å². The topological polar surface area (TPSA) is 48.9 Å². The van der Waals surface area contributed by atoms with Gasteiger partial charge in [0, 0.05) is 32.8 Å². The van der Waals surface area contributed by atoms with Gasteiger partial charge in [-0.3, -0.25) is 9.89 Å². The summed E-state index contributed by atoms with van der Waals surface area (Å²) in [6.07, 6.45) is 0. The first kappa shape index (κ1) is 24.1. The molecule has 0 radical (unpaired) electrons. The van der Waals surface area contributed by atoms with Crippen molar-refractivity contribution >= 4 is 29.9 Å². The molecule has 0 aromatic heterocycles. The fraction of sp³-hybridized carbons (Fsp3) is 0.632. The number of hydrogen-bond donors (Lipinski definition) is 2. The highest BCUT2D eigenvalue weighted by Gasteiger charge is 2.16. The van der Waals surface area contributed by atoms with Gasteiger partial charge in [-0.05, 0) is 40.3 Å². The maximum Gasteiger partial charge on any atom is 0.191 e. The highest BCUT2D eigenvalue weighted by Crippen LogP contribution is 2.07. The standard InChI is InChI=1S/C19H34N4O.HI/c1-7-20-18(22-15-19(3,4)24-6)21-13-16(2)23(5)14-17-11-9-8-10-12-17;/h8-12,16H,7,13-15H2,1-6H3,(H2,20,21,22);1H. The van der Waals surface area contributed by atoms with Gasteiger partial charge in [0.2, 0.25) is 0 Å². The smallest absolute Gasteiger partial charge is 0.191 e. The van der Waals surface area contributed by atoms with Crippen LogP contribution in [0.25, 0.3) is 0 Å². The third kappa shape index (κ3) is 10.0. The first-order chi connectivity index (χ1) is 11.4. The number of halogens is 1. The van der Waals surface area contributed by atoms with E-state index in [9.17, 15) is 0 Å². The number of benzene rings is 1. The summed E-state index contributed by atoms with van der Waals surface area (Å²) in [6, 6.07) is 10.9. The van der Waals surface area contributed by atoms with E-state index in [-0.39, 0.29) is 29.6 Å². The zero-order valence-corrected chi connectivity index (χ0v) is 18.8. The summed E-state index contributed by atoms with van der Waals surface area (Å²) in [5, 5.41) is 6.71. The van der Waals surface area contributed by atoms with E-state index in [2.05, 4.69) is 71.8 Å². The number of nitrogens with one attached hydrogen (secondary N) is 2. The molecule has 0 amide bonds. The Morgan fingerprint density at radius 1 is 1.24 bits per heavy atom. The molecule has 25 heavy (non-hydrogen) atoms. The number of ether oxygens (including phenoxy) is 1. The molecule has 1 unspecified atom stereocenters. The average Bonchev–Trinajstić information content (AvgIpc) is 2.58. The molecule has 0 aliphatic rings. The molecule has 0 fully saturated rings. The second-order valence-corrected chi connectivity index (χ2v) is 6.79. The summed E-state index contributed by atoms with van der Waals surface area (Å²) in [4.78, 5) is 6.96. The Balaban J connectivity index is 0.00000576. The molecular weight excluding hydrogens is 427 g/mol. The Bertz CT molecular complexity index is 493. The van der Waals surface area contributed by atoms with Crippen LogP contribution in [-0.2, 0) is 11.3 Å². The molecule has 0 aliphatic heterocycles. The summed E-state index contributed by atoms with van der Waals surface area (Å²) >= 11 is 0. The van der Waals surface area contributed by atoms with Crippen molar-refractivity contribution < 1.29 is 4.74 Å². The van der Waals surface area contributed by atoms with Gasteiger partial charge in [0.05, 0.1) is 12.1 Å². The van der Waals surface area contributed by atoms with E-state index in [0.29, 0.717) is 12.6 Å². The molecule has 2 N–H and O–H groups in total. The van der Waals surface area contributed by atoms with Crippen molar-refractivity contribution in [2.45, 2.75) is 45.9 Å². The summed E-state index contributed by atoms with van der Waals surface area (Å²) < 4.78 is 5.43. The second-order valence-electron chi connectivity index (χ2n) is 6.79. The Morgan fingerprint density at radius 3 is 2.44 bits per heavy atom. The van der Waals surface area contributed by atoms with Crippen LogP contribution in [0.4, 0.5) is 0 Å². The molecule has 0 aliphatic carbocycles. The Hall–Kier alpha value is -0.860.